The van der Waals surface area contributed by atoms with Crippen LogP contribution < -0.4 is 0 Å². The lowest BCUT2D eigenvalue weighted by Crippen LogP contribution is -2.02. The van der Waals surface area contributed by atoms with E-state index in [1.54, 1.807) is 12.4 Å². The number of nitrogens with zero attached hydrogens (tertiary/aromatic N) is 5. The Labute approximate surface area is 310 Å². The average molecular weight is 688 g/mol. The number of hydrogen-bond acceptors (Lipinski definition) is 5. The second-order valence-corrected chi connectivity index (χ2v) is 13.6. The van der Waals surface area contributed by atoms with Crippen LogP contribution in [-0.2, 0) is 0 Å². The molecule has 54 heavy (non-hydrogen) atoms. The van der Waals surface area contributed by atoms with Gasteiger partial charge in [0.25, 0.3) is 0 Å². The van der Waals surface area contributed by atoms with Gasteiger partial charge in [-0.25, -0.2) is 24.9 Å². The zero-order valence-corrected chi connectivity index (χ0v) is 29.0. The molecule has 5 nitrogen and oxygen atoms in total. The highest BCUT2D eigenvalue weighted by molar-refractivity contribution is 6.25. The van der Waals surface area contributed by atoms with E-state index in [1.807, 2.05) is 30.3 Å². The molecule has 5 heteroatoms. The van der Waals surface area contributed by atoms with Crippen LogP contribution in [0.2, 0.25) is 0 Å². The highest BCUT2D eigenvalue weighted by Crippen LogP contribution is 2.44. The van der Waals surface area contributed by atoms with Crippen molar-refractivity contribution in [1.82, 2.24) is 24.9 Å². The van der Waals surface area contributed by atoms with Crippen molar-refractivity contribution in [3.63, 3.8) is 0 Å². The summed E-state index contributed by atoms with van der Waals surface area (Å²) in [6, 6.07) is 57.3. The first-order chi connectivity index (χ1) is 26.8. The largest absolute Gasteiger partial charge is 0.237 e. The van der Waals surface area contributed by atoms with Crippen LogP contribution in [-0.4, -0.2) is 24.9 Å². The standard InChI is InChI=1S/C49H29N5/c1-3-11-30(12-4-1)35-23-25-39-41(29-35)45(48-50-27-10-28-51-48)37-18-8-7-17-36(37)44(39)49-53-46(34-13-5-2-6-14-34)52-47(54-49)40-26-22-33-20-19-31-15-9-16-32-21-24-38(40)43(33)42(31)32/h1-29H. The lowest BCUT2D eigenvalue weighted by molar-refractivity contribution is 1.08. The molecule has 0 unspecified atom stereocenters. The van der Waals surface area contributed by atoms with Gasteiger partial charge in [-0.2, -0.15) is 0 Å². The lowest BCUT2D eigenvalue weighted by atomic mass is 9.89. The molecule has 2 aromatic heterocycles. The molecule has 0 fully saturated rings. The van der Waals surface area contributed by atoms with Gasteiger partial charge in [-0.15, -0.1) is 0 Å². The van der Waals surface area contributed by atoms with Gasteiger partial charge in [0, 0.05) is 34.6 Å². The summed E-state index contributed by atoms with van der Waals surface area (Å²) in [5.74, 6) is 2.53. The first-order valence-electron chi connectivity index (χ1n) is 18.1. The average Bonchev–Trinajstić information content (AvgIpc) is 3.25. The molecule has 0 radical (unpaired) electrons. The third-order valence-electron chi connectivity index (χ3n) is 10.6. The summed E-state index contributed by atoms with van der Waals surface area (Å²) in [6.45, 7) is 0. The number of benzene rings is 9. The Bertz CT molecular complexity index is 3180. The van der Waals surface area contributed by atoms with Crippen molar-refractivity contribution in [2.75, 3.05) is 0 Å². The molecule has 0 saturated heterocycles. The minimum Gasteiger partial charge on any atom is -0.237 e. The molecular formula is C49H29N5. The summed E-state index contributed by atoms with van der Waals surface area (Å²) in [6.07, 6.45) is 3.61. The van der Waals surface area contributed by atoms with Gasteiger partial charge in [-0.05, 0) is 83.2 Å². The Hall–Kier alpha value is -7.37. The molecule has 0 aliphatic rings. The van der Waals surface area contributed by atoms with E-state index in [1.165, 1.54) is 26.9 Å². The molecular weight excluding hydrogens is 659 g/mol. The third kappa shape index (κ3) is 4.76. The third-order valence-corrected chi connectivity index (χ3v) is 10.6. The summed E-state index contributed by atoms with van der Waals surface area (Å²) < 4.78 is 0. The van der Waals surface area contributed by atoms with Crippen molar-refractivity contribution in [3.8, 4) is 56.7 Å². The maximum atomic E-state index is 5.41. The van der Waals surface area contributed by atoms with Gasteiger partial charge in [-0.1, -0.05) is 146 Å². The fraction of sp³-hybridized carbons (Fsp3) is 0. The Morgan fingerprint density at radius 1 is 0.296 bits per heavy atom. The molecule has 0 saturated carbocycles. The molecule has 11 aromatic rings. The van der Waals surface area contributed by atoms with Crippen LogP contribution in [0.1, 0.15) is 0 Å². The minimum absolute atomic E-state index is 0.610. The van der Waals surface area contributed by atoms with Crippen LogP contribution in [0.5, 0.6) is 0 Å². The number of rotatable bonds is 5. The Morgan fingerprint density at radius 3 is 1.59 bits per heavy atom. The van der Waals surface area contributed by atoms with Crippen molar-refractivity contribution in [3.05, 3.63) is 176 Å². The second kappa shape index (κ2) is 12.1. The van der Waals surface area contributed by atoms with Crippen LogP contribution in [0.25, 0.3) is 111 Å². The van der Waals surface area contributed by atoms with E-state index in [0.717, 1.165) is 60.3 Å². The number of hydrogen-bond donors (Lipinski definition) is 0. The fourth-order valence-electron chi connectivity index (χ4n) is 8.15. The summed E-state index contributed by atoms with van der Waals surface area (Å²) >= 11 is 0. The summed E-state index contributed by atoms with van der Waals surface area (Å²) in [5, 5.41) is 11.3. The van der Waals surface area contributed by atoms with Crippen molar-refractivity contribution >= 4 is 53.9 Å². The molecule has 0 amide bonds. The van der Waals surface area contributed by atoms with Gasteiger partial charge in [0.15, 0.2) is 23.3 Å². The minimum atomic E-state index is 0.610. The van der Waals surface area contributed by atoms with Crippen LogP contribution >= 0.6 is 0 Å². The Kier molecular flexibility index (Phi) is 6.79. The molecule has 0 bridgehead atoms. The monoisotopic (exact) mass is 687 g/mol. The highest BCUT2D eigenvalue weighted by Gasteiger charge is 2.23. The van der Waals surface area contributed by atoms with E-state index in [2.05, 4.69) is 133 Å². The van der Waals surface area contributed by atoms with Crippen molar-refractivity contribution in [2.45, 2.75) is 0 Å². The first kappa shape index (κ1) is 30.3. The molecule has 2 heterocycles. The molecule has 0 spiro atoms. The van der Waals surface area contributed by atoms with Crippen LogP contribution in [0, 0.1) is 0 Å². The molecule has 0 aliphatic carbocycles. The van der Waals surface area contributed by atoms with E-state index >= 15 is 0 Å². The first-order valence-corrected chi connectivity index (χ1v) is 18.1. The molecule has 9 aromatic carbocycles. The summed E-state index contributed by atoms with van der Waals surface area (Å²) in [7, 11) is 0. The Balaban J connectivity index is 1.25. The predicted molar refractivity (Wildman–Crippen MR) is 221 cm³/mol. The van der Waals surface area contributed by atoms with Crippen LogP contribution in [0.3, 0.4) is 0 Å². The molecule has 11 rings (SSSR count). The van der Waals surface area contributed by atoms with Gasteiger partial charge >= 0.3 is 0 Å². The zero-order chi connectivity index (χ0) is 35.6. The van der Waals surface area contributed by atoms with Crippen molar-refractivity contribution < 1.29 is 0 Å². The molecule has 250 valence electrons. The maximum Gasteiger partial charge on any atom is 0.165 e. The van der Waals surface area contributed by atoms with E-state index in [9.17, 15) is 0 Å². The van der Waals surface area contributed by atoms with Gasteiger partial charge in [-0.3, -0.25) is 0 Å². The van der Waals surface area contributed by atoms with E-state index in [4.69, 9.17) is 24.9 Å². The van der Waals surface area contributed by atoms with Gasteiger partial charge in [0.05, 0.1) is 0 Å². The summed E-state index contributed by atoms with van der Waals surface area (Å²) in [4.78, 5) is 25.5. The molecule has 0 atom stereocenters. The lowest BCUT2D eigenvalue weighted by Gasteiger charge is -2.18. The number of fused-ring (bicyclic) bond motifs is 2. The Morgan fingerprint density at radius 2 is 0.852 bits per heavy atom. The quantitative estimate of drug-likeness (QED) is 0.133. The normalized spacial score (nSPS) is 11.7. The van der Waals surface area contributed by atoms with Gasteiger partial charge in [0.1, 0.15) is 0 Å². The smallest absolute Gasteiger partial charge is 0.165 e. The predicted octanol–water partition coefficient (Wildman–Crippen LogP) is 12.2. The van der Waals surface area contributed by atoms with Crippen molar-refractivity contribution in [1.29, 1.82) is 0 Å². The van der Waals surface area contributed by atoms with Crippen LogP contribution in [0.4, 0.5) is 0 Å². The number of aromatic nitrogens is 5. The SMILES string of the molecule is c1ccc(-c2ccc3c(-c4nc(-c5ccccc5)nc(-c5ccc6ccc7cccc8ccc5c6c78)n4)c4ccccc4c(-c4ncccn4)c3c2)cc1. The van der Waals surface area contributed by atoms with Crippen molar-refractivity contribution in [2.24, 2.45) is 0 Å². The van der Waals surface area contributed by atoms with E-state index in [0.29, 0.717) is 23.3 Å². The maximum absolute atomic E-state index is 5.41. The second-order valence-electron chi connectivity index (χ2n) is 13.6. The van der Waals surface area contributed by atoms with Crippen LogP contribution in [0.15, 0.2) is 176 Å². The van der Waals surface area contributed by atoms with E-state index in [-0.39, 0.29) is 0 Å². The van der Waals surface area contributed by atoms with Gasteiger partial charge < -0.3 is 0 Å². The highest BCUT2D eigenvalue weighted by atomic mass is 15.0. The summed E-state index contributed by atoms with van der Waals surface area (Å²) in [5.41, 5.74) is 6.06. The van der Waals surface area contributed by atoms with Gasteiger partial charge in [0.2, 0.25) is 0 Å². The molecule has 0 aliphatic heterocycles. The topological polar surface area (TPSA) is 64.5 Å². The zero-order valence-electron chi connectivity index (χ0n) is 29.0. The fourth-order valence-corrected chi connectivity index (χ4v) is 8.15. The molecule has 0 N–H and O–H groups in total. The van der Waals surface area contributed by atoms with E-state index < -0.39 is 0 Å².